The van der Waals surface area contributed by atoms with E-state index in [4.69, 9.17) is 26.4 Å². The predicted octanol–water partition coefficient (Wildman–Crippen LogP) is 0.477. The molecule has 1 aromatic carbocycles. The molecule has 2 fully saturated rings. The normalized spacial score (nSPS) is 20.8. The number of quaternary nitrogens is 1. The van der Waals surface area contributed by atoms with E-state index in [0.29, 0.717) is 5.11 Å². The van der Waals surface area contributed by atoms with Crippen LogP contribution in [0.1, 0.15) is 30.9 Å². The van der Waals surface area contributed by atoms with Crippen molar-refractivity contribution < 1.29 is 19.1 Å². The lowest BCUT2D eigenvalue weighted by molar-refractivity contribution is -0.921. The van der Waals surface area contributed by atoms with Gasteiger partial charge in [0.1, 0.15) is 25.4 Å². The van der Waals surface area contributed by atoms with Crippen LogP contribution in [0.5, 0.6) is 5.75 Å². The second-order valence-corrected chi connectivity index (χ2v) is 7.63. The molecule has 3 N–H and O–H groups in total. The maximum atomic E-state index is 5.59. The Hall–Kier alpha value is -1.74. The summed E-state index contributed by atoms with van der Waals surface area (Å²) < 4.78 is 16.6. The molecule has 0 bridgehead atoms. The molecule has 154 valence electrons. The zero-order valence-electron chi connectivity index (χ0n) is 16.8. The van der Waals surface area contributed by atoms with Crippen LogP contribution in [-0.2, 0) is 16.0 Å². The largest absolute Gasteiger partial charge is 0.496 e. The van der Waals surface area contributed by atoms with Crippen molar-refractivity contribution in [3.8, 4) is 5.75 Å². The first kappa shape index (κ1) is 21.0. The predicted molar refractivity (Wildman–Crippen MR) is 113 cm³/mol. The van der Waals surface area contributed by atoms with Crippen molar-refractivity contribution in [3.63, 3.8) is 0 Å². The molecular formula is C20H31N4O3S+. The van der Waals surface area contributed by atoms with Gasteiger partial charge in [-0.05, 0) is 55.7 Å². The average molecular weight is 408 g/mol. The first-order chi connectivity index (χ1) is 13.7. The molecule has 1 aromatic rings. The van der Waals surface area contributed by atoms with E-state index in [9.17, 15) is 0 Å². The van der Waals surface area contributed by atoms with E-state index < -0.39 is 0 Å². The Kier molecular flexibility index (Phi) is 8.02. The number of rotatable bonds is 7. The van der Waals surface area contributed by atoms with Gasteiger partial charge in [0.25, 0.3) is 0 Å². The fourth-order valence-electron chi connectivity index (χ4n) is 3.50. The van der Waals surface area contributed by atoms with E-state index >= 15 is 0 Å². The fraction of sp³-hybridized carbons (Fsp3) is 0.600. The topological polar surface area (TPSA) is 68.5 Å². The highest BCUT2D eigenvalue weighted by Crippen LogP contribution is 2.19. The minimum Gasteiger partial charge on any atom is -0.496 e. The van der Waals surface area contributed by atoms with Crippen LogP contribution in [0.4, 0.5) is 0 Å². The first-order valence-electron chi connectivity index (χ1n) is 9.94. The third-order valence-corrected chi connectivity index (χ3v) is 5.41. The first-order valence-corrected chi connectivity index (χ1v) is 10.3. The molecule has 2 saturated heterocycles. The molecule has 1 atom stereocenters. The molecule has 8 heteroatoms. The number of methoxy groups -OCH3 is 1. The zero-order chi connectivity index (χ0) is 19.8. The molecule has 0 saturated carbocycles. The third-order valence-electron chi connectivity index (χ3n) is 5.18. The summed E-state index contributed by atoms with van der Waals surface area (Å²) in [5.41, 5.74) is 6.05. The molecule has 2 aliphatic rings. The summed E-state index contributed by atoms with van der Waals surface area (Å²) in [6, 6.07) is 6.20. The number of thiocarbonyl (C=S) groups is 1. The minimum absolute atomic E-state index is 0.247. The van der Waals surface area contributed by atoms with Gasteiger partial charge in [-0.15, -0.1) is 0 Å². The molecule has 3 rings (SSSR count). The number of hydrogen-bond donors (Lipinski definition) is 3. The smallest absolute Gasteiger partial charge is 0.187 e. The number of morpholine rings is 1. The van der Waals surface area contributed by atoms with Gasteiger partial charge in [-0.3, -0.25) is 5.43 Å². The molecule has 28 heavy (non-hydrogen) atoms. The lowest BCUT2D eigenvalue weighted by Crippen LogP contribution is -3.12. The Labute approximate surface area is 172 Å². The molecule has 0 spiro atoms. The van der Waals surface area contributed by atoms with Crippen LogP contribution in [0, 0.1) is 0 Å². The second kappa shape index (κ2) is 10.7. The molecule has 0 radical (unpaired) electrons. The van der Waals surface area contributed by atoms with Gasteiger partial charge >= 0.3 is 0 Å². The SMILES string of the molecule is COc1ccc(/C(C)=N\NC(=S)NC[C@@H]2CCCO2)cc1C[NH+]1CCOCC1. The Bertz CT molecular complexity index is 686. The standard InChI is InChI=1S/C20H30N4O3S/c1-15(22-23-20(28)21-13-18-4-3-9-27-18)16-5-6-19(25-2)17(12-16)14-24-7-10-26-11-8-24/h5-6,12,18H,3-4,7-11,13-14H2,1-2H3,(H2,21,23,28)/p+1/b22-15-/t18-/m0/s1. The molecule has 7 nitrogen and oxygen atoms in total. The van der Waals surface area contributed by atoms with Gasteiger partial charge in [0, 0.05) is 18.7 Å². The van der Waals surface area contributed by atoms with Crippen molar-refractivity contribution in [3.05, 3.63) is 29.3 Å². The molecular weight excluding hydrogens is 376 g/mol. The van der Waals surface area contributed by atoms with E-state index in [2.05, 4.69) is 21.9 Å². The van der Waals surface area contributed by atoms with Crippen molar-refractivity contribution in [1.29, 1.82) is 0 Å². The maximum absolute atomic E-state index is 5.59. The molecule has 0 unspecified atom stereocenters. The highest BCUT2D eigenvalue weighted by molar-refractivity contribution is 7.80. The minimum atomic E-state index is 0.247. The van der Waals surface area contributed by atoms with Crippen LogP contribution >= 0.6 is 12.2 Å². The summed E-state index contributed by atoms with van der Waals surface area (Å²) in [7, 11) is 1.72. The van der Waals surface area contributed by atoms with E-state index in [1.807, 2.05) is 19.1 Å². The number of hydrogen-bond acceptors (Lipinski definition) is 5. The van der Waals surface area contributed by atoms with Crippen LogP contribution in [0.15, 0.2) is 23.3 Å². The van der Waals surface area contributed by atoms with Gasteiger partial charge in [0.2, 0.25) is 0 Å². The van der Waals surface area contributed by atoms with Gasteiger partial charge in [-0.25, -0.2) is 0 Å². The summed E-state index contributed by atoms with van der Waals surface area (Å²) in [5, 5.41) is 8.12. The van der Waals surface area contributed by atoms with Crippen LogP contribution < -0.4 is 20.4 Å². The number of nitrogens with zero attached hydrogens (tertiary/aromatic N) is 1. The fourth-order valence-corrected chi connectivity index (χ4v) is 3.63. The molecule has 2 aliphatic heterocycles. The maximum Gasteiger partial charge on any atom is 0.187 e. The highest BCUT2D eigenvalue weighted by Gasteiger charge is 2.18. The van der Waals surface area contributed by atoms with Crippen molar-refractivity contribution in [2.75, 3.05) is 46.6 Å². The third kappa shape index (κ3) is 6.13. The summed E-state index contributed by atoms with van der Waals surface area (Å²) >= 11 is 5.31. The Balaban J connectivity index is 1.58. The van der Waals surface area contributed by atoms with E-state index in [1.54, 1.807) is 7.11 Å². The second-order valence-electron chi connectivity index (χ2n) is 7.22. The van der Waals surface area contributed by atoms with Gasteiger partial charge in [-0.1, -0.05) is 0 Å². The van der Waals surface area contributed by atoms with Crippen molar-refractivity contribution in [2.24, 2.45) is 5.10 Å². The molecule has 2 heterocycles. The van der Waals surface area contributed by atoms with Crippen molar-refractivity contribution in [1.82, 2.24) is 10.7 Å². The molecule has 0 amide bonds. The van der Waals surface area contributed by atoms with Gasteiger partial charge in [-0.2, -0.15) is 5.10 Å². The number of hydrazone groups is 1. The van der Waals surface area contributed by atoms with Crippen molar-refractivity contribution in [2.45, 2.75) is 32.4 Å². The quantitative estimate of drug-likeness (QED) is 0.347. The van der Waals surface area contributed by atoms with Gasteiger partial charge in [0.05, 0.1) is 32.1 Å². The lowest BCUT2D eigenvalue weighted by atomic mass is 10.1. The van der Waals surface area contributed by atoms with Crippen LogP contribution in [0.3, 0.4) is 0 Å². The highest BCUT2D eigenvalue weighted by atomic mass is 32.1. The summed E-state index contributed by atoms with van der Waals surface area (Å²) in [6.07, 6.45) is 2.45. The number of benzene rings is 1. The monoisotopic (exact) mass is 407 g/mol. The lowest BCUT2D eigenvalue weighted by Gasteiger charge is -2.24. The summed E-state index contributed by atoms with van der Waals surface area (Å²) in [6.45, 7) is 8.13. The van der Waals surface area contributed by atoms with Gasteiger partial charge < -0.3 is 24.4 Å². The van der Waals surface area contributed by atoms with E-state index in [-0.39, 0.29) is 6.10 Å². The average Bonchev–Trinajstić information content (AvgIpc) is 3.25. The number of ether oxygens (including phenoxy) is 3. The van der Waals surface area contributed by atoms with Gasteiger partial charge in [0.15, 0.2) is 5.11 Å². The van der Waals surface area contributed by atoms with Crippen LogP contribution in [0.25, 0.3) is 0 Å². The summed E-state index contributed by atoms with van der Waals surface area (Å²) in [4.78, 5) is 1.51. The zero-order valence-corrected chi connectivity index (χ0v) is 17.6. The van der Waals surface area contributed by atoms with Crippen LogP contribution in [-0.4, -0.2) is 63.5 Å². The molecule has 0 aromatic heterocycles. The van der Waals surface area contributed by atoms with Crippen molar-refractivity contribution >= 4 is 23.0 Å². The molecule has 0 aliphatic carbocycles. The summed E-state index contributed by atoms with van der Waals surface area (Å²) in [5.74, 6) is 0.914. The van der Waals surface area contributed by atoms with E-state index in [0.717, 1.165) is 75.9 Å². The Morgan fingerprint density at radius 2 is 2.14 bits per heavy atom. The Morgan fingerprint density at radius 3 is 2.86 bits per heavy atom. The van der Waals surface area contributed by atoms with E-state index in [1.165, 1.54) is 10.5 Å². The number of nitrogens with one attached hydrogen (secondary N) is 3. The van der Waals surface area contributed by atoms with Crippen LogP contribution in [0.2, 0.25) is 0 Å². The Morgan fingerprint density at radius 1 is 1.32 bits per heavy atom.